The van der Waals surface area contributed by atoms with Crippen molar-refractivity contribution in [2.75, 3.05) is 29.9 Å². The Morgan fingerprint density at radius 2 is 2.00 bits per heavy atom. The second kappa shape index (κ2) is 6.86. The highest BCUT2D eigenvalue weighted by Gasteiger charge is 2.43. The molecular formula is C19H26N2OS. The molecule has 3 nitrogen and oxygen atoms in total. The van der Waals surface area contributed by atoms with Crippen molar-refractivity contribution in [3.63, 3.8) is 0 Å². The van der Waals surface area contributed by atoms with Crippen LogP contribution in [0.2, 0.25) is 0 Å². The molecule has 1 saturated heterocycles. The molecule has 124 valence electrons. The Morgan fingerprint density at radius 3 is 2.74 bits per heavy atom. The fourth-order valence-corrected chi connectivity index (χ4v) is 5.55. The highest BCUT2D eigenvalue weighted by Crippen LogP contribution is 2.48. The topological polar surface area (TPSA) is 32.3 Å². The van der Waals surface area contributed by atoms with E-state index < -0.39 is 0 Å². The van der Waals surface area contributed by atoms with Gasteiger partial charge in [0.1, 0.15) is 0 Å². The lowest BCUT2D eigenvalue weighted by Gasteiger charge is -2.27. The van der Waals surface area contributed by atoms with Crippen LogP contribution in [-0.2, 0) is 11.3 Å². The van der Waals surface area contributed by atoms with Crippen molar-refractivity contribution >= 4 is 23.4 Å². The normalized spacial score (nSPS) is 30.5. The van der Waals surface area contributed by atoms with E-state index in [4.69, 9.17) is 0 Å². The molecule has 0 unspecified atom stereocenters. The predicted molar refractivity (Wildman–Crippen MR) is 96.6 cm³/mol. The molecule has 1 heterocycles. The minimum Gasteiger partial charge on any atom is -0.326 e. The molecule has 1 N–H and O–H groups in total. The van der Waals surface area contributed by atoms with Gasteiger partial charge in [-0.15, -0.1) is 0 Å². The number of thioether (sulfide) groups is 1. The average Bonchev–Trinajstić information content (AvgIpc) is 3.21. The van der Waals surface area contributed by atoms with Crippen molar-refractivity contribution in [1.29, 1.82) is 0 Å². The molecule has 3 atom stereocenters. The first-order chi connectivity index (χ1) is 11.3. The summed E-state index contributed by atoms with van der Waals surface area (Å²) < 4.78 is 0. The van der Waals surface area contributed by atoms with Gasteiger partial charge < -0.3 is 5.32 Å². The molecule has 4 rings (SSSR count). The minimum atomic E-state index is 0.258. The number of carbonyl (C=O) groups excluding carboxylic acids is 1. The summed E-state index contributed by atoms with van der Waals surface area (Å²) in [7, 11) is 0. The fourth-order valence-electron chi connectivity index (χ4n) is 4.57. The van der Waals surface area contributed by atoms with Gasteiger partial charge in [0.2, 0.25) is 5.91 Å². The van der Waals surface area contributed by atoms with E-state index >= 15 is 0 Å². The van der Waals surface area contributed by atoms with Gasteiger partial charge in [-0.2, -0.15) is 11.8 Å². The number of hydrogen-bond donors (Lipinski definition) is 1. The Bertz CT molecular complexity index is 570. The average molecular weight is 330 g/mol. The number of carbonyl (C=O) groups is 1. The first-order valence-corrected chi connectivity index (χ1v) is 10.1. The second-order valence-corrected chi connectivity index (χ2v) is 8.54. The van der Waals surface area contributed by atoms with Crippen LogP contribution >= 0.6 is 11.8 Å². The number of benzene rings is 1. The number of para-hydroxylation sites is 1. The van der Waals surface area contributed by atoms with Gasteiger partial charge in [-0.05, 0) is 42.7 Å². The van der Waals surface area contributed by atoms with E-state index in [1.807, 2.05) is 17.8 Å². The summed E-state index contributed by atoms with van der Waals surface area (Å²) in [6.45, 7) is 3.26. The van der Waals surface area contributed by atoms with Crippen LogP contribution in [0.1, 0.15) is 31.2 Å². The third-order valence-corrected chi connectivity index (χ3v) is 6.79. The molecule has 2 bridgehead atoms. The Balaban J connectivity index is 1.43. The van der Waals surface area contributed by atoms with Crippen LogP contribution in [0, 0.1) is 17.8 Å². The first kappa shape index (κ1) is 15.5. The van der Waals surface area contributed by atoms with Gasteiger partial charge in [0.05, 0.1) is 0 Å². The Morgan fingerprint density at radius 1 is 1.17 bits per heavy atom. The van der Waals surface area contributed by atoms with Crippen molar-refractivity contribution in [3.05, 3.63) is 29.8 Å². The van der Waals surface area contributed by atoms with E-state index in [2.05, 4.69) is 28.4 Å². The highest BCUT2D eigenvalue weighted by atomic mass is 32.2. The van der Waals surface area contributed by atoms with Crippen molar-refractivity contribution in [1.82, 2.24) is 4.90 Å². The van der Waals surface area contributed by atoms with Gasteiger partial charge in [0.15, 0.2) is 0 Å². The molecule has 4 heteroatoms. The molecule has 23 heavy (non-hydrogen) atoms. The molecule has 0 radical (unpaired) electrons. The zero-order valence-corrected chi connectivity index (χ0v) is 14.5. The first-order valence-electron chi connectivity index (χ1n) is 8.98. The van der Waals surface area contributed by atoms with Crippen LogP contribution in [0.5, 0.6) is 0 Å². The van der Waals surface area contributed by atoms with Crippen molar-refractivity contribution in [3.8, 4) is 0 Å². The zero-order valence-electron chi connectivity index (χ0n) is 13.7. The molecule has 1 aromatic carbocycles. The molecule has 0 aromatic heterocycles. The second-order valence-electron chi connectivity index (χ2n) is 7.32. The number of nitrogens with one attached hydrogen (secondary N) is 1. The molecule has 0 spiro atoms. The van der Waals surface area contributed by atoms with E-state index in [9.17, 15) is 4.79 Å². The van der Waals surface area contributed by atoms with Gasteiger partial charge in [-0.3, -0.25) is 9.69 Å². The van der Waals surface area contributed by atoms with Crippen LogP contribution in [0.25, 0.3) is 0 Å². The lowest BCUT2D eigenvalue weighted by Crippen LogP contribution is -2.32. The van der Waals surface area contributed by atoms with Crippen LogP contribution < -0.4 is 5.32 Å². The van der Waals surface area contributed by atoms with Crippen molar-refractivity contribution in [2.24, 2.45) is 17.8 Å². The molecule has 1 aliphatic heterocycles. The summed E-state index contributed by atoms with van der Waals surface area (Å²) in [4.78, 5) is 15.2. The van der Waals surface area contributed by atoms with Crippen LogP contribution in [0.4, 0.5) is 5.69 Å². The Kier molecular flexibility index (Phi) is 4.63. The summed E-state index contributed by atoms with van der Waals surface area (Å²) in [6.07, 6.45) is 5.00. The summed E-state index contributed by atoms with van der Waals surface area (Å²) in [5.74, 6) is 4.43. The number of rotatable bonds is 4. The molecule has 2 saturated carbocycles. The third-order valence-electron chi connectivity index (χ3n) is 5.85. The van der Waals surface area contributed by atoms with Crippen LogP contribution in [0.15, 0.2) is 24.3 Å². The summed E-state index contributed by atoms with van der Waals surface area (Å²) in [5, 5.41) is 3.26. The lowest BCUT2D eigenvalue weighted by atomic mass is 9.88. The van der Waals surface area contributed by atoms with E-state index in [1.54, 1.807) is 0 Å². The molecule has 1 amide bonds. The molecular weight excluding hydrogens is 304 g/mol. The Labute approximate surface area is 143 Å². The van der Waals surface area contributed by atoms with Crippen LogP contribution in [0.3, 0.4) is 0 Å². The van der Waals surface area contributed by atoms with E-state index in [0.29, 0.717) is 5.92 Å². The molecule has 2 aliphatic carbocycles. The van der Waals surface area contributed by atoms with Gasteiger partial charge in [0, 0.05) is 42.7 Å². The van der Waals surface area contributed by atoms with Crippen LogP contribution in [-0.4, -0.2) is 35.4 Å². The maximum absolute atomic E-state index is 12.7. The standard InChI is InChI=1S/C19H26N2OS/c22-19(17-12-14-5-6-15(17)11-14)20-18-4-2-1-3-16(18)13-21-7-9-23-10-8-21/h1-4,14-15,17H,5-13H2,(H,20,22)/t14-,15-,17-/m0/s1. The van der Waals surface area contributed by atoms with Gasteiger partial charge >= 0.3 is 0 Å². The number of anilines is 1. The van der Waals surface area contributed by atoms with E-state index in [-0.39, 0.29) is 11.8 Å². The maximum atomic E-state index is 12.7. The predicted octanol–water partition coefficient (Wildman–Crippen LogP) is 3.61. The quantitative estimate of drug-likeness (QED) is 0.915. The number of nitrogens with zero attached hydrogens (tertiary/aromatic N) is 1. The third kappa shape index (κ3) is 3.43. The number of hydrogen-bond acceptors (Lipinski definition) is 3. The zero-order chi connectivity index (χ0) is 15.6. The van der Waals surface area contributed by atoms with Gasteiger partial charge in [0.25, 0.3) is 0 Å². The summed E-state index contributed by atoms with van der Waals surface area (Å²) in [5.41, 5.74) is 2.29. The summed E-state index contributed by atoms with van der Waals surface area (Å²) in [6, 6.07) is 8.35. The van der Waals surface area contributed by atoms with Gasteiger partial charge in [-0.25, -0.2) is 0 Å². The smallest absolute Gasteiger partial charge is 0.227 e. The van der Waals surface area contributed by atoms with Gasteiger partial charge in [-0.1, -0.05) is 24.6 Å². The molecule has 1 aromatic rings. The maximum Gasteiger partial charge on any atom is 0.227 e. The Hall–Kier alpha value is -1.00. The van der Waals surface area contributed by atoms with E-state index in [1.165, 1.54) is 36.3 Å². The number of fused-ring (bicyclic) bond motifs is 2. The van der Waals surface area contributed by atoms with E-state index in [0.717, 1.165) is 37.7 Å². The monoisotopic (exact) mass is 330 g/mol. The molecule has 3 fully saturated rings. The van der Waals surface area contributed by atoms with Crippen molar-refractivity contribution < 1.29 is 4.79 Å². The molecule has 3 aliphatic rings. The number of amides is 1. The minimum absolute atomic E-state index is 0.258. The lowest BCUT2D eigenvalue weighted by molar-refractivity contribution is -0.121. The largest absolute Gasteiger partial charge is 0.326 e. The summed E-state index contributed by atoms with van der Waals surface area (Å²) >= 11 is 2.04. The SMILES string of the molecule is O=C(Nc1ccccc1CN1CCSCC1)[C@H]1C[C@H]2CC[C@H]1C2. The van der Waals surface area contributed by atoms with Crippen molar-refractivity contribution in [2.45, 2.75) is 32.2 Å². The fraction of sp³-hybridized carbons (Fsp3) is 0.632. The highest BCUT2D eigenvalue weighted by molar-refractivity contribution is 7.99.